The summed E-state index contributed by atoms with van der Waals surface area (Å²) in [5.74, 6) is 4.86. The molecule has 78 heavy (non-hydrogen) atoms. The van der Waals surface area contributed by atoms with E-state index in [-0.39, 0.29) is 20.1 Å². The number of aryl methyl sites for hydroxylation is 2. The average molecular weight is 1030 g/mol. The fraction of sp³-hybridized carbons (Fsp3) is 0.0303. The number of nitrogen functional groups attached to an aromatic ring is 1. The van der Waals surface area contributed by atoms with E-state index in [1.54, 1.807) is 0 Å². The molecule has 12 heteroatoms. The van der Waals surface area contributed by atoms with Crippen molar-refractivity contribution in [3.8, 4) is 34.5 Å². The van der Waals surface area contributed by atoms with Gasteiger partial charge in [0.15, 0.2) is 0 Å². The van der Waals surface area contributed by atoms with Crippen LogP contribution >= 0.6 is 22.7 Å². The summed E-state index contributed by atoms with van der Waals surface area (Å²) in [5, 5.41) is 2.39. The minimum Gasteiger partial charge on any atom is -0.458 e. The van der Waals surface area contributed by atoms with E-state index in [4.69, 9.17) is 19.9 Å². The largest absolute Gasteiger partial charge is 0.458 e. The fourth-order valence-electron chi connectivity index (χ4n) is 13.9. The van der Waals surface area contributed by atoms with E-state index in [0.29, 0.717) is 17.2 Å². The van der Waals surface area contributed by atoms with Crippen LogP contribution in [0.1, 0.15) is 11.1 Å². The fourth-order valence-corrected chi connectivity index (χ4v) is 16.5. The predicted molar refractivity (Wildman–Crippen MR) is 329 cm³/mol. The SMILES string of the molecule is Cc1cc2c3c(c1)N(c1ccccc1)c1cc4c(cc1B3c1sc3ccccc3c1O2)B1c2cc3c(cc2Oc2cc(N)cc(c21)O4)N(c1ccccc1)c1cc(C)cc2c1B3c1sc3ccccc3c1N2c1ccccc1. The van der Waals surface area contributed by atoms with Gasteiger partial charge in [0.2, 0.25) is 0 Å². The summed E-state index contributed by atoms with van der Waals surface area (Å²) in [6.45, 7) is 3.93. The van der Waals surface area contributed by atoms with Crippen LogP contribution in [0, 0.1) is 13.8 Å². The number of rotatable bonds is 3. The molecule has 8 heterocycles. The van der Waals surface area contributed by atoms with Crippen LogP contribution in [0.3, 0.4) is 0 Å². The standard InChI is InChI=1S/C66H41B3N4O3S2/c1-36-26-50-60-51(27-36)73(41-20-10-5-11-21-41)63-42-22-12-14-24-58(42)77-65(63)68(60)44-32-46-53(34-48(44)71(50)39-16-6-3-7-17-39)74-56-30-38(70)31-57-62(56)67(46)47-33-45-49(35-54(47)75-57)72(40-18-8-4-9-19-40)52-28-37(2)29-55-61(52)69(45)66-64(76-55)43-23-13-15-25-59(43)78-66/h3-35H,70H2,1-2H3. The molecule has 2 aromatic heterocycles. The van der Waals surface area contributed by atoms with Crippen LogP contribution in [0.25, 0.3) is 20.2 Å². The minimum atomic E-state index is -0.264. The summed E-state index contributed by atoms with van der Waals surface area (Å²) < 4.78 is 26.6. The first-order valence-corrected chi connectivity index (χ1v) is 28.2. The number of benzene rings is 10. The van der Waals surface area contributed by atoms with Crippen LogP contribution in [0.4, 0.5) is 56.9 Å². The number of anilines is 10. The summed E-state index contributed by atoms with van der Waals surface area (Å²) in [4.78, 5) is 7.41. The molecule has 0 saturated heterocycles. The normalized spacial score (nSPS) is 14.2. The average Bonchev–Trinajstić information content (AvgIpc) is 3.04. The first-order valence-electron chi connectivity index (χ1n) is 26.6. The lowest BCUT2D eigenvalue weighted by atomic mass is 9.31. The van der Waals surface area contributed by atoms with Gasteiger partial charge < -0.3 is 34.6 Å². The molecule has 6 aliphatic rings. The summed E-state index contributed by atoms with van der Waals surface area (Å²) in [7, 11) is 0. The number of para-hydroxylation sites is 3. The molecule has 0 saturated carbocycles. The Hall–Kier alpha value is -9.09. The number of hydrogen-bond donors (Lipinski definition) is 1. The molecule has 0 aliphatic carbocycles. The molecule has 2 N–H and O–H groups in total. The molecule has 364 valence electrons. The van der Waals surface area contributed by atoms with E-state index in [0.717, 1.165) is 84.5 Å². The smallest absolute Gasteiger partial charge is 0.268 e. The van der Waals surface area contributed by atoms with Crippen LogP contribution in [0.2, 0.25) is 0 Å². The Balaban J connectivity index is 0.921. The first-order chi connectivity index (χ1) is 38.4. The monoisotopic (exact) mass is 1030 g/mol. The van der Waals surface area contributed by atoms with Crippen LogP contribution in [-0.4, -0.2) is 20.1 Å². The summed E-state index contributed by atoms with van der Waals surface area (Å²) in [6.07, 6.45) is 0. The van der Waals surface area contributed by atoms with Crippen molar-refractivity contribution in [2.45, 2.75) is 13.8 Å². The number of fused-ring (bicyclic) bond motifs is 16. The first kappa shape index (κ1) is 43.1. The Kier molecular flexibility index (Phi) is 8.58. The summed E-state index contributed by atoms with van der Waals surface area (Å²) in [6, 6.07) is 72.9. The number of hydrogen-bond acceptors (Lipinski definition) is 9. The van der Waals surface area contributed by atoms with Crippen molar-refractivity contribution >= 4 is 168 Å². The van der Waals surface area contributed by atoms with E-state index < -0.39 is 0 Å². The zero-order chi connectivity index (χ0) is 51.2. The minimum absolute atomic E-state index is 0.0928. The van der Waals surface area contributed by atoms with E-state index in [9.17, 15) is 0 Å². The second-order valence-electron chi connectivity index (χ2n) is 21.5. The van der Waals surface area contributed by atoms with Crippen molar-refractivity contribution in [3.63, 3.8) is 0 Å². The van der Waals surface area contributed by atoms with Crippen LogP contribution in [0.5, 0.6) is 34.5 Å². The van der Waals surface area contributed by atoms with Crippen molar-refractivity contribution in [1.82, 2.24) is 0 Å². The van der Waals surface area contributed by atoms with Gasteiger partial charge in [-0.05, 0) is 137 Å². The van der Waals surface area contributed by atoms with Crippen LogP contribution in [0.15, 0.2) is 200 Å². The number of nitrogens with two attached hydrogens (primary N) is 1. The topological polar surface area (TPSA) is 63.4 Å². The highest BCUT2D eigenvalue weighted by atomic mass is 32.1. The number of ether oxygens (including phenoxy) is 3. The summed E-state index contributed by atoms with van der Waals surface area (Å²) in [5.41, 5.74) is 28.0. The lowest BCUT2D eigenvalue weighted by Crippen LogP contribution is -2.64. The third-order valence-electron chi connectivity index (χ3n) is 16.9. The Morgan fingerprint density at radius 3 is 1.44 bits per heavy atom. The molecule has 0 fully saturated rings. The highest BCUT2D eigenvalue weighted by Gasteiger charge is 2.50. The lowest BCUT2D eigenvalue weighted by Gasteiger charge is -2.44. The Morgan fingerprint density at radius 2 is 0.833 bits per heavy atom. The molecular weight excluding hydrogens is 993 g/mol. The maximum Gasteiger partial charge on any atom is 0.268 e. The van der Waals surface area contributed by atoms with Crippen LogP contribution < -0.4 is 82.4 Å². The molecule has 0 radical (unpaired) electrons. The van der Waals surface area contributed by atoms with Gasteiger partial charge in [0, 0.05) is 111 Å². The predicted octanol–water partition coefficient (Wildman–Crippen LogP) is 11.5. The van der Waals surface area contributed by atoms with Gasteiger partial charge in [0.1, 0.15) is 34.5 Å². The second-order valence-corrected chi connectivity index (χ2v) is 23.6. The van der Waals surface area contributed by atoms with Gasteiger partial charge in [-0.25, -0.2) is 0 Å². The van der Waals surface area contributed by atoms with E-state index in [1.807, 2.05) is 34.8 Å². The summed E-state index contributed by atoms with van der Waals surface area (Å²) >= 11 is 3.75. The number of thiophene rings is 2. The molecule has 18 rings (SSSR count). The van der Waals surface area contributed by atoms with E-state index in [2.05, 4.69) is 217 Å². The van der Waals surface area contributed by atoms with Crippen LogP contribution in [-0.2, 0) is 0 Å². The molecule has 0 unspecified atom stereocenters. The molecule has 12 aromatic rings. The van der Waals surface area contributed by atoms with E-state index in [1.165, 1.54) is 68.8 Å². The zero-order valence-corrected chi connectivity index (χ0v) is 43.9. The van der Waals surface area contributed by atoms with Crippen molar-refractivity contribution in [2.75, 3.05) is 20.4 Å². The highest BCUT2D eigenvalue weighted by molar-refractivity contribution is 7.34. The van der Waals surface area contributed by atoms with Gasteiger partial charge in [-0.15, -0.1) is 22.7 Å². The quantitative estimate of drug-likeness (QED) is 0.140. The van der Waals surface area contributed by atoms with Gasteiger partial charge in [-0.3, -0.25) is 0 Å². The maximum absolute atomic E-state index is 7.26. The number of nitrogens with zero attached hydrogens (tertiary/aromatic N) is 3. The molecule has 0 bridgehead atoms. The van der Waals surface area contributed by atoms with Gasteiger partial charge >= 0.3 is 0 Å². The van der Waals surface area contributed by atoms with Crippen molar-refractivity contribution < 1.29 is 14.2 Å². The maximum atomic E-state index is 7.26. The second kappa shape index (κ2) is 15.5. The third kappa shape index (κ3) is 5.75. The molecule has 0 amide bonds. The molecule has 0 atom stereocenters. The van der Waals surface area contributed by atoms with Gasteiger partial charge in [-0.2, -0.15) is 0 Å². The van der Waals surface area contributed by atoms with E-state index >= 15 is 0 Å². The van der Waals surface area contributed by atoms with Crippen molar-refractivity contribution in [2.24, 2.45) is 0 Å². The van der Waals surface area contributed by atoms with Gasteiger partial charge in [0.25, 0.3) is 20.1 Å². The molecule has 0 spiro atoms. The molecule has 6 aliphatic heterocycles. The molecule has 7 nitrogen and oxygen atoms in total. The Labute approximate surface area is 459 Å². The zero-order valence-electron chi connectivity index (χ0n) is 42.2. The Morgan fingerprint density at radius 1 is 0.372 bits per heavy atom. The molecule has 10 aromatic carbocycles. The lowest BCUT2D eigenvalue weighted by molar-refractivity contribution is 0.465. The van der Waals surface area contributed by atoms with Gasteiger partial charge in [-0.1, -0.05) is 97.1 Å². The highest BCUT2D eigenvalue weighted by Crippen LogP contribution is 2.51. The Bertz CT molecular complexity index is 4630. The van der Waals surface area contributed by atoms with Crippen molar-refractivity contribution in [3.05, 3.63) is 211 Å². The third-order valence-corrected chi connectivity index (χ3v) is 19.4. The van der Waals surface area contributed by atoms with Crippen molar-refractivity contribution in [1.29, 1.82) is 0 Å². The molecular formula is C66H41B3N4O3S2. The van der Waals surface area contributed by atoms with Gasteiger partial charge in [0.05, 0.1) is 5.69 Å².